The third kappa shape index (κ3) is 5.15. The molecule has 6 nitrogen and oxygen atoms in total. The highest BCUT2D eigenvalue weighted by molar-refractivity contribution is 8.01. The zero-order valence-electron chi connectivity index (χ0n) is 15.5. The van der Waals surface area contributed by atoms with Gasteiger partial charge in [-0.2, -0.15) is 0 Å². The second-order valence-corrected chi connectivity index (χ2v) is 8.23. The molecule has 0 bridgehead atoms. The lowest BCUT2D eigenvalue weighted by molar-refractivity contribution is -0.113. The summed E-state index contributed by atoms with van der Waals surface area (Å²) in [5, 5.41) is 12.9. The molecule has 10 heteroatoms. The number of aryl methyl sites for hydroxylation is 2. The van der Waals surface area contributed by atoms with E-state index in [-0.39, 0.29) is 16.8 Å². The van der Waals surface area contributed by atoms with Crippen LogP contribution in [0.2, 0.25) is 0 Å². The highest BCUT2D eigenvalue weighted by atomic mass is 32.2. The normalized spacial score (nSPS) is 10.6. The zero-order valence-corrected chi connectivity index (χ0v) is 17.1. The van der Waals surface area contributed by atoms with E-state index in [0.29, 0.717) is 4.34 Å². The molecule has 29 heavy (non-hydrogen) atoms. The maximum Gasteiger partial charge on any atom is 0.263 e. The molecule has 0 unspecified atom stereocenters. The third-order valence-corrected chi connectivity index (χ3v) is 5.86. The molecule has 0 aliphatic rings. The lowest BCUT2D eigenvalue weighted by Gasteiger charge is -2.10. The fourth-order valence-corrected chi connectivity index (χ4v) is 4.05. The number of thioether (sulfide) groups is 1. The van der Waals surface area contributed by atoms with E-state index in [0.717, 1.165) is 52.0 Å². The molecule has 2 aromatic carbocycles. The number of carbonyl (C=O) groups is 2. The Labute approximate surface area is 173 Å². The van der Waals surface area contributed by atoms with E-state index in [9.17, 15) is 18.4 Å². The molecule has 0 saturated heterocycles. The summed E-state index contributed by atoms with van der Waals surface area (Å²) in [6.45, 7) is 3.82. The summed E-state index contributed by atoms with van der Waals surface area (Å²) in [5.41, 5.74) is 2.01. The lowest BCUT2D eigenvalue weighted by Crippen LogP contribution is -2.15. The minimum atomic E-state index is -0.968. The van der Waals surface area contributed by atoms with E-state index in [1.54, 1.807) is 0 Å². The first-order valence-corrected chi connectivity index (χ1v) is 10.2. The number of benzene rings is 2. The SMILES string of the molecule is Cc1cccc(C)c1NC(=O)CSc1nnc(NC(=O)c2c(F)cccc2F)s1. The van der Waals surface area contributed by atoms with Crippen LogP contribution in [0.3, 0.4) is 0 Å². The predicted molar refractivity (Wildman–Crippen MR) is 109 cm³/mol. The summed E-state index contributed by atoms with van der Waals surface area (Å²) in [6.07, 6.45) is 0. The summed E-state index contributed by atoms with van der Waals surface area (Å²) in [6, 6.07) is 8.90. The van der Waals surface area contributed by atoms with Crippen molar-refractivity contribution in [3.63, 3.8) is 0 Å². The molecule has 3 rings (SSSR count). The summed E-state index contributed by atoms with van der Waals surface area (Å²) >= 11 is 2.15. The number of hydrogen-bond donors (Lipinski definition) is 2. The Bertz CT molecular complexity index is 1030. The number of nitrogens with one attached hydrogen (secondary N) is 2. The van der Waals surface area contributed by atoms with Crippen LogP contribution in [-0.4, -0.2) is 27.8 Å². The number of anilines is 2. The Morgan fingerprint density at radius 3 is 2.28 bits per heavy atom. The van der Waals surface area contributed by atoms with Gasteiger partial charge in [0.15, 0.2) is 4.34 Å². The van der Waals surface area contributed by atoms with E-state index in [4.69, 9.17) is 0 Å². The first-order valence-electron chi connectivity index (χ1n) is 8.43. The Kier molecular flexibility index (Phi) is 6.55. The number of aromatic nitrogens is 2. The molecule has 0 radical (unpaired) electrons. The lowest BCUT2D eigenvalue weighted by atomic mass is 10.1. The van der Waals surface area contributed by atoms with Crippen molar-refractivity contribution in [3.05, 3.63) is 64.7 Å². The third-order valence-electron chi connectivity index (χ3n) is 3.89. The number of carbonyl (C=O) groups excluding carboxylic acids is 2. The van der Waals surface area contributed by atoms with Gasteiger partial charge in [0.25, 0.3) is 5.91 Å². The monoisotopic (exact) mass is 434 g/mol. The number of nitrogens with zero attached hydrogens (tertiary/aromatic N) is 2. The fraction of sp³-hybridized carbons (Fsp3) is 0.158. The first-order chi connectivity index (χ1) is 13.8. The Morgan fingerprint density at radius 2 is 1.62 bits per heavy atom. The van der Waals surface area contributed by atoms with Gasteiger partial charge in [0.2, 0.25) is 11.0 Å². The molecule has 150 valence electrons. The molecule has 2 N–H and O–H groups in total. The van der Waals surface area contributed by atoms with Crippen LogP contribution in [0.5, 0.6) is 0 Å². The summed E-state index contributed by atoms with van der Waals surface area (Å²) in [7, 11) is 0. The predicted octanol–water partition coefficient (Wildman–Crippen LogP) is 4.42. The van der Waals surface area contributed by atoms with Crippen LogP contribution in [-0.2, 0) is 4.79 Å². The van der Waals surface area contributed by atoms with Gasteiger partial charge in [0.1, 0.15) is 17.2 Å². The molecule has 0 saturated carbocycles. The van der Waals surface area contributed by atoms with Gasteiger partial charge in [-0.05, 0) is 37.1 Å². The number of rotatable bonds is 6. The fourth-order valence-electron chi connectivity index (χ4n) is 2.51. The Balaban J connectivity index is 1.58. The smallest absolute Gasteiger partial charge is 0.263 e. The number of hydrogen-bond acceptors (Lipinski definition) is 6. The molecule has 2 amide bonds. The van der Waals surface area contributed by atoms with Gasteiger partial charge in [-0.3, -0.25) is 14.9 Å². The molecule has 0 aliphatic carbocycles. The number of amides is 2. The molecule has 0 spiro atoms. The van der Waals surface area contributed by atoms with Crippen LogP contribution >= 0.6 is 23.1 Å². The Hall–Kier alpha value is -2.85. The van der Waals surface area contributed by atoms with E-state index in [2.05, 4.69) is 20.8 Å². The topological polar surface area (TPSA) is 84.0 Å². The van der Waals surface area contributed by atoms with Crippen molar-refractivity contribution in [2.24, 2.45) is 0 Å². The van der Waals surface area contributed by atoms with Gasteiger partial charge >= 0.3 is 0 Å². The quantitative estimate of drug-likeness (QED) is 0.443. The van der Waals surface area contributed by atoms with Gasteiger partial charge in [-0.15, -0.1) is 10.2 Å². The van der Waals surface area contributed by atoms with E-state index in [1.807, 2.05) is 32.0 Å². The first kappa shape index (κ1) is 20.9. The maximum atomic E-state index is 13.7. The molecular formula is C19H16F2N4O2S2. The molecule has 1 aromatic heterocycles. The molecular weight excluding hydrogens is 418 g/mol. The van der Waals surface area contributed by atoms with Crippen LogP contribution in [0.4, 0.5) is 19.6 Å². The van der Waals surface area contributed by atoms with Gasteiger partial charge in [-0.1, -0.05) is 47.4 Å². The molecule has 0 fully saturated rings. The minimum Gasteiger partial charge on any atom is -0.325 e. The van der Waals surface area contributed by atoms with Crippen molar-refractivity contribution < 1.29 is 18.4 Å². The van der Waals surface area contributed by atoms with Crippen LogP contribution in [0, 0.1) is 25.5 Å². The second-order valence-electron chi connectivity index (χ2n) is 6.03. The average molecular weight is 434 g/mol. The maximum absolute atomic E-state index is 13.7. The van der Waals surface area contributed by atoms with Crippen molar-refractivity contribution in [1.82, 2.24) is 10.2 Å². The largest absolute Gasteiger partial charge is 0.325 e. The van der Waals surface area contributed by atoms with Gasteiger partial charge in [-0.25, -0.2) is 8.78 Å². The highest BCUT2D eigenvalue weighted by Gasteiger charge is 2.19. The van der Waals surface area contributed by atoms with Crippen LogP contribution in [0.25, 0.3) is 0 Å². The van der Waals surface area contributed by atoms with Crippen molar-refractivity contribution in [2.75, 3.05) is 16.4 Å². The summed E-state index contributed by atoms with van der Waals surface area (Å²) < 4.78 is 27.8. The van der Waals surface area contributed by atoms with Crippen molar-refractivity contribution in [2.45, 2.75) is 18.2 Å². The van der Waals surface area contributed by atoms with Gasteiger partial charge in [0.05, 0.1) is 5.75 Å². The van der Waals surface area contributed by atoms with Crippen LogP contribution < -0.4 is 10.6 Å². The van der Waals surface area contributed by atoms with Crippen LogP contribution in [0.15, 0.2) is 40.7 Å². The van der Waals surface area contributed by atoms with Crippen molar-refractivity contribution in [3.8, 4) is 0 Å². The minimum absolute atomic E-state index is 0.0790. The molecule has 0 aliphatic heterocycles. The Morgan fingerprint density at radius 1 is 1.00 bits per heavy atom. The van der Waals surface area contributed by atoms with Gasteiger partial charge < -0.3 is 5.32 Å². The van der Waals surface area contributed by atoms with E-state index in [1.165, 1.54) is 6.07 Å². The summed E-state index contributed by atoms with van der Waals surface area (Å²) in [4.78, 5) is 24.3. The van der Waals surface area contributed by atoms with E-state index < -0.39 is 23.1 Å². The van der Waals surface area contributed by atoms with Crippen molar-refractivity contribution in [1.29, 1.82) is 0 Å². The number of para-hydroxylation sites is 1. The standard InChI is InChI=1S/C19H16F2N4O2S2/c1-10-5-3-6-11(2)16(10)22-14(26)9-28-19-25-24-18(29-19)23-17(27)15-12(20)7-4-8-13(15)21/h3-8H,9H2,1-2H3,(H,22,26)(H,23,24,27). The molecule has 1 heterocycles. The zero-order chi connectivity index (χ0) is 21.0. The highest BCUT2D eigenvalue weighted by Crippen LogP contribution is 2.27. The van der Waals surface area contributed by atoms with E-state index >= 15 is 0 Å². The van der Waals surface area contributed by atoms with Crippen molar-refractivity contribution >= 4 is 45.7 Å². The summed E-state index contributed by atoms with van der Waals surface area (Å²) in [5.74, 6) is -3.00. The molecule has 3 aromatic rings. The van der Waals surface area contributed by atoms with Gasteiger partial charge in [0, 0.05) is 5.69 Å². The van der Waals surface area contributed by atoms with Crippen LogP contribution in [0.1, 0.15) is 21.5 Å². The molecule has 0 atom stereocenters. The second kappa shape index (κ2) is 9.10. The average Bonchev–Trinajstić information content (AvgIpc) is 3.10. The number of halogens is 2.